The van der Waals surface area contributed by atoms with E-state index in [9.17, 15) is 0 Å². The number of hydrogen-bond donors (Lipinski definition) is 0. The van der Waals surface area contributed by atoms with Gasteiger partial charge in [-0.3, -0.25) is 0 Å². The Labute approximate surface area is 325 Å². The number of nitrogens with zero attached hydrogens (tertiary/aromatic N) is 3. The summed E-state index contributed by atoms with van der Waals surface area (Å²) in [4.78, 5) is 7.82. The van der Waals surface area contributed by atoms with Crippen molar-refractivity contribution >= 4 is 5.69 Å². The van der Waals surface area contributed by atoms with Gasteiger partial charge in [0, 0.05) is 75.0 Å². The van der Waals surface area contributed by atoms with Crippen molar-refractivity contribution in [1.29, 1.82) is 0 Å². The van der Waals surface area contributed by atoms with Crippen LogP contribution >= 0.6 is 0 Å². The fourth-order valence-electron chi connectivity index (χ4n) is 10.2. The lowest BCUT2D eigenvalue weighted by Crippen LogP contribution is -2.38. The van der Waals surface area contributed by atoms with E-state index in [1.165, 1.54) is 88.9 Å². The third-order valence-electron chi connectivity index (χ3n) is 13.5. The van der Waals surface area contributed by atoms with E-state index in [1.54, 1.807) is 11.6 Å². The predicted molar refractivity (Wildman–Crippen MR) is 223 cm³/mol. The normalized spacial score (nSPS) is 23.8. The first kappa shape index (κ1) is 38.8. The van der Waals surface area contributed by atoms with Gasteiger partial charge < -0.3 is 14.7 Å². The van der Waals surface area contributed by atoms with Gasteiger partial charge in [0.1, 0.15) is 0 Å². The van der Waals surface area contributed by atoms with E-state index in [4.69, 9.17) is 0 Å². The number of halogens is 2. The molecule has 4 unspecified atom stereocenters. The minimum Gasteiger partial charge on any atom is -0.378 e. The van der Waals surface area contributed by atoms with Gasteiger partial charge in [-0.25, -0.2) is 8.78 Å². The van der Waals surface area contributed by atoms with Gasteiger partial charge in [-0.15, -0.1) is 0 Å². The molecule has 0 bridgehead atoms. The molecule has 0 N–H and O–H groups in total. The number of piperidine rings is 1. The van der Waals surface area contributed by atoms with Crippen molar-refractivity contribution in [2.45, 2.75) is 109 Å². The molecule has 54 heavy (non-hydrogen) atoms. The highest BCUT2D eigenvalue weighted by Crippen LogP contribution is 2.54. The van der Waals surface area contributed by atoms with E-state index in [2.05, 4.69) is 85.0 Å². The molecule has 290 valence electrons. The van der Waals surface area contributed by atoms with Crippen LogP contribution in [0.5, 0.6) is 0 Å². The third-order valence-corrected chi connectivity index (χ3v) is 13.5. The molecule has 0 radical (unpaired) electrons. The van der Waals surface area contributed by atoms with Gasteiger partial charge in [0.25, 0.3) is 5.92 Å². The first-order valence-electron chi connectivity index (χ1n) is 21.5. The number of allylic oxidation sites excluding steroid dienone is 4. The minimum atomic E-state index is -2.85. The SMILES string of the molecule is CCCc1ccc2c(c1)C(F)(F)CC(c1ccccc1)C2c1ccc(N2CCC(CN3CCC(CCN(C)C4=CC=C(C(C)CCC)CC4)C3)CC2)cc1. The van der Waals surface area contributed by atoms with Gasteiger partial charge in [0.2, 0.25) is 0 Å². The molecule has 3 nitrogen and oxygen atoms in total. The molecule has 2 heterocycles. The molecule has 0 saturated carbocycles. The summed E-state index contributed by atoms with van der Waals surface area (Å²) >= 11 is 0. The molecular formula is C49H65F2N3. The van der Waals surface area contributed by atoms with Crippen LogP contribution in [0.25, 0.3) is 0 Å². The van der Waals surface area contributed by atoms with Crippen LogP contribution in [0.4, 0.5) is 14.5 Å². The summed E-state index contributed by atoms with van der Waals surface area (Å²) in [6.45, 7) is 13.9. The second-order valence-electron chi connectivity index (χ2n) is 17.3. The van der Waals surface area contributed by atoms with Crippen LogP contribution in [0, 0.1) is 17.8 Å². The summed E-state index contributed by atoms with van der Waals surface area (Å²) in [5, 5.41) is 0. The Morgan fingerprint density at radius 1 is 0.833 bits per heavy atom. The quantitative estimate of drug-likeness (QED) is 0.163. The van der Waals surface area contributed by atoms with Crippen molar-refractivity contribution in [3.8, 4) is 0 Å². The molecule has 4 aliphatic rings. The van der Waals surface area contributed by atoms with Gasteiger partial charge >= 0.3 is 0 Å². The zero-order valence-corrected chi connectivity index (χ0v) is 33.6. The summed E-state index contributed by atoms with van der Waals surface area (Å²) in [7, 11) is 2.30. The molecule has 2 saturated heterocycles. The molecule has 3 aromatic carbocycles. The molecule has 0 amide bonds. The van der Waals surface area contributed by atoms with Gasteiger partial charge in [0.05, 0.1) is 0 Å². The van der Waals surface area contributed by atoms with Crippen LogP contribution in [-0.4, -0.2) is 56.1 Å². The number of hydrogen-bond acceptors (Lipinski definition) is 3. The molecule has 2 aliphatic heterocycles. The number of benzene rings is 3. The van der Waals surface area contributed by atoms with E-state index in [-0.39, 0.29) is 23.8 Å². The maximum absolute atomic E-state index is 15.9. The van der Waals surface area contributed by atoms with E-state index >= 15 is 8.78 Å². The Hall–Kier alpha value is -3.44. The monoisotopic (exact) mass is 734 g/mol. The van der Waals surface area contributed by atoms with Gasteiger partial charge in [-0.2, -0.15) is 0 Å². The van der Waals surface area contributed by atoms with Crippen molar-refractivity contribution in [2.24, 2.45) is 17.8 Å². The zero-order valence-electron chi connectivity index (χ0n) is 33.6. The molecule has 0 aromatic heterocycles. The Bertz CT molecular complexity index is 1720. The van der Waals surface area contributed by atoms with Crippen LogP contribution in [-0.2, 0) is 12.3 Å². The number of aryl methyl sites for hydroxylation is 1. The number of fused-ring (bicyclic) bond motifs is 1. The zero-order chi connectivity index (χ0) is 37.7. The summed E-state index contributed by atoms with van der Waals surface area (Å²) in [5.41, 5.74) is 8.57. The van der Waals surface area contributed by atoms with E-state index < -0.39 is 5.92 Å². The molecule has 5 heteroatoms. The molecule has 2 aliphatic carbocycles. The van der Waals surface area contributed by atoms with Crippen molar-refractivity contribution in [3.63, 3.8) is 0 Å². The van der Waals surface area contributed by atoms with E-state index in [0.717, 1.165) is 65.9 Å². The lowest BCUT2D eigenvalue weighted by molar-refractivity contribution is -0.0303. The molecule has 2 fully saturated rings. The van der Waals surface area contributed by atoms with E-state index in [1.807, 2.05) is 36.4 Å². The summed E-state index contributed by atoms with van der Waals surface area (Å²) in [6, 6.07) is 24.8. The molecular weight excluding hydrogens is 669 g/mol. The highest BCUT2D eigenvalue weighted by molar-refractivity contribution is 5.53. The van der Waals surface area contributed by atoms with Gasteiger partial charge in [-0.05, 0) is 122 Å². The topological polar surface area (TPSA) is 9.72 Å². The average Bonchev–Trinajstić information content (AvgIpc) is 3.65. The number of likely N-dealkylation sites (tertiary alicyclic amines) is 1. The maximum Gasteiger partial charge on any atom is 0.274 e. The van der Waals surface area contributed by atoms with Crippen LogP contribution in [0.1, 0.15) is 125 Å². The largest absolute Gasteiger partial charge is 0.378 e. The van der Waals surface area contributed by atoms with Crippen LogP contribution in [0.3, 0.4) is 0 Å². The average molecular weight is 734 g/mol. The van der Waals surface area contributed by atoms with Crippen LogP contribution in [0.15, 0.2) is 96.2 Å². The fourth-order valence-corrected chi connectivity index (χ4v) is 10.2. The molecule has 0 spiro atoms. The first-order valence-corrected chi connectivity index (χ1v) is 21.5. The number of anilines is 1. The Morgan fingerprint density at radius 3 is 2.30 bits per heavy atom. The number of rotatable bonds is 14. The van der Waals surface area contributed by atoms with Crippen molar-refractivity contribution in [3.05, 3.63) is 124 Å². The Balaban J connectivity index is 0.923. The van der Waals surface area contributed by atoms with Gasteiger partial charge in [0.15, 0.2) is 0 Å². The summed E-state index contributed by atoms with van der Waals surface area (Å²) < 4.78 is 31.8. The molecule has 3 aromatic rings. The fraction of sp³-hybridized carbons (Fsp3) is 0.551. The summed E-state index contributed by atoms with van der Waals surface area (Å²) in [6.07, 6.45) is 16.5. The molecule has 4 atom stereocenters. The highest BCUT2D eigenvalue weighted by Gasteiger charge is 2.47. The predicted octanol–water partition coefficient (Wildman–Crippen LogP) is 12.0. The smallest absolute Gasteiger partial charge is 0.274 e. The minimum absolute atomic E-state index is 0.101. The van der Waals surface area contributed by atoms with Crippen molar-refractivity contribution in [2.75, 3.05) is 51.2 Å². The maximum atomic E-state index is 15.9. The first-order chi connectivity index (χ1) is 26.2. The van der Waals surface area contributed by atoms with E-state index in [0.29, 0.717) is 0 Å². The number of alkyl halides is 2. The van der Waals surface area contributed by atoms with Crippen LogP contribution < -0.4 is 4.90 Å². The molecule has 7 rings (SSSR count). The second kappa shape index (κ2) is 17.6. The standard InChI is InChI=1S/C49H65F2N3/c1-5-10-36(3)40-15-19-43(20-16-40)52(4)28-24-38-25-29-53(34-38)35-39-26-30-54(31-27-39)44-21-17-42(18-22-44)48-45-23-14-37(11-6-2)32-47(45)49(50,51)33-46(48)41-12-8-7-9-13-41/h7-9,12-15,17-19,21-23,32,36,38-39,46,48H,5-6,10-11,16,20,24-31,33-35H2,1-4H3. The Kier molecular flexibility index (Phi) is 12.6. The second-order valence-corrected chi connectivity index (χ2v) is 17.3. The van der Waals surface area contributed by atoms with Gasteiger partial charge in [-0.1, -0.05) is 99.9 Å². The highest BCUT2D eigenvalue weighted by atomic mass is 19.3. The van der Waals surface area contributed by atoms with Crippen molar-refractivity contribution < 1.29 is 8.78 Å². The lowest BCUT2D eigenvalue weighted by atomic mass is 9.67. The third kappa shape index (κ3) is 8.99. The van der Waals surface area contributed by atoms with Crippen molar-refractivity contribution in [1.82, 2.24) is 9.80 Å². The van der Waals surface area contributed by atoms with Crippen LogP contribution in [0.2, 0.25) is 0 Å². The summed E-state index contributed by atoms with van der Waals surface area (Å²) in [5.74, 6) is -0.936. The Morgan fingerprint density at radius 2 is 1.59 bits per heavy atom. The lowest BCUT2D eigenvalue weighted by Gasteiger charge is -2.39.